The van der Waals surface area contributed by atoms with Gasteiger partial charge in [0.1, 0.15) is 6.10 Å². The lowest BCUT2D eigenvalue weighted by Crippen LogP contribution is -2.49. The second-order valence-corrected chi connectivity index (χ2v) is 7.15. The van der Waals surface area contributed by atoms with Gasteiger partial charge in [-0.3, -0.25) is 5.32 Å². The van der Waals surface area contributed by atoms with E-state index in [0.29, 0.717) is 12.8 Å². The van der Waals surface area contributed by atoms with Crippen LogP contribution in [-0.4, -0.2) is 23.4 Å². The molecule has 4 atom stereocenters. The maximum atomic E-state index is 12.2. The zero-order valence-electron chi connectivity index (χ0n) is 12.6. The molecule has 0 radical (unpaired) electrons. The van der Waals surface area contributed by atoms with Crippen molar-refractivity contribution in [2.75, 3.05) is 5.32 Å². The number of nitrogens with one attached hydrogen (secondary N) is 1. The molecule has 1 aromatic rings. The summed E-state index contributed by atoms with van der Waals surface area (Å²) in [6, 6.07) is 9.33. The summed E-state index contributed by atoms with van der Waals surface area (Å²) >= 11 is 0. The number of carbonyl (C=O) groups excluding carboxylic acids is 1. The van der Waals surface area contributed by atoms with E-state index in [-0.39, 0.29) is 23.0 Å². The van der Waals surface area contributed by atoms with Crippen molar-refractivity contribution in [3.63, 3.8) is 0 Å². The Morgan fingerprint density at radius 3 is 2.33 bits per heavy atom. The number of hydrogen-bond donors (Lipinski definition) is 2. The van der Waals surface area contributed by atoms with Crippen LogP contribution in [-0.2, 0) is 4.74 Å². The molecule has 2 aliphatic carbocycles. The molecule has 4 nitrogen and oxygen atoms in total. The van der Waals surface area contributed by atoms with Crippen LogP contribution in [0.2, 0.25) is 0 Å². The Bertz CT molecular complexity index is 512. The average molecular weight is 289 g/mol. The molecule has 0 aromatic heterocycles. The molecule has 0 spiro atoms. The normalized spacial score (nSPS) is 38.0. The number of benzene rings is 1. The summed E-state index contributed by atoms with van der Waals surface area (Å²) in [5, 5.41) is 12.8. The largest absolute Gasteiger partial charge is 0.445 e. The molecule has 2 unspecified atom stereocenters. The van der Waals surface area contributed by atoms with Crippen LogP contribution < -0.4 is 5.32 Å². The van der Waals surface area contributed by atoms with E-state index < -0.39 is 6.09 Å². The van der Waals surface area contributed by atoms with Gasteiger partial charge in [-0.2, -0.15) is 0 Å². The fourth-order valence-electron chi connectivity index (χ4n) is 4.30. The Hall–Kier alpha value is -1.55. The summed E-state index contributed by atoms with van der Waals surface area (Å²) in [7, 11) is 0. The number of ether oxygens (including phenoxy) is 1. The van der Waals surface area contributed by atoms with E-state index in [9.17, 15) is 9.90 Å². The summed E-state index contributed by atoms with van der Waals surface area (Å²) < 4.78 is 5.78. The molecule has 21 heavy (non-hydrogen) atoms. The Morgan fingerprint density at radius 1 is 1.19 bits per heavy atom. The second kappa shape index (κ2) is 5.02. The van der Waals surface area contributed by atoms with Crippen LogP contribution >= 0.6 is 0 Å². The van der Waals surface area contributed by atoms with Crippen molar-refractivity contribution < 1.29 is 14.6 Å². The van der Waals surface area contributed by atoms with Crippen molar-refractivity contribution in [3.8, 4) is 0 Å². The topological polar surface area (TPSA) is 58.6 Å². The Labute approximate surface area is 125 Å². The third kappa shape index (κ3) is 2.64. The average Bonchev–Trinajstić information content (AvgIpc) is 2.57. The van der Waals surface area contributed by atoms with Gasteiger partial charge in [-0.25, -0.2) is 4.79 Å². The van der Waals surface area contributed by atoms with Crippen molar-refractivity contribution in [2.24, 2.45) is 10.8 Å². The van der Waals surface area contributed by atoms with Crippen LogP contribution in [0.15, 0.2) is 30.3 Å². The number of aliphatic hydroxyl groups excluding tert-OH is 1. The Balaban J connectivity index is 1.71. The number of hydrogen-bond acceptors (Lipinski definition) is 3. The standard InChI is InChI=1S/C17H23NO3/c1-16-8-9-17(2,11-13(19)10-16)14(16)21-15(20)18-12-6-4-3-5-7-12/h3-7,13-14,19H,8-11H2,1-2H3,(H,18,20)/t13?,14?,16-,17+. The van der Waals surface area contributed by atoms with E-state index in [1.54, 1.807) is 0 Å². The van der Waals surface area contributed by atoms with Crippen molar-refractivity contribution >= 4 is 11.8 Å². The molecular formula is C17H23NO3. The van der Waals surface area contributed by atoms with Crippen LogP contribution in [0.5, 0.6) is 0 Å². The van der Waals surface area contributed by atoms with E-state index >= 15 is 0 Å². The highest BCUT2D eigenvalue weighted by atomic mass is 16.6. The first-order chi connectivity index (χ1) is 9.91. The zero-order valence-corrected chi connectivity index (χ0v) is 12.6. The number of fused-ring (bicyclic) bond motifs is 2. The van der Waals surface area contributed by atoms with Crippen molar-refractivity contribution in [2.45, 2.75) is 51.7 Å². The van der Waals surface area contributed by atoms with E-state index in [2.05, 4.69) is 19.2 Å². The van der Waals surface area contributed by atoms with E-state index in [0.717, 1.165) is 18.5 Å². The second-order valence-electron chi connectivity index (χ2n) is 7.15. The molecule has 0 aliphatic heterocycles. The summed E-state index contributed by atoms with van der Waals surface area (Å²) in [5.41, 5.74) is 0.516. The van der Waals surface area contributed by atoms with Gasteiger partial charge in [0.05, 0.1) is 6.10 Å². The number of aliphatic hydroxyl groups is 1. The fraction of sp³-hybridized carbons (Fsp3) is 0.588. The Kier molecular flexibility index (Phi) is 3.44. The van der Waals surface area contributed by atoms with Crippen LogP contribution in [0.4, 0.5) is 10.5 Å². The molecule has 2 fully saturated rings. The lowest BCUT2D eigenvalue weighted by atomic mass is 9.67. The first-order valence-corrected chi connectivity index (χ1v) is 7.62. The summed E-state index contributed by atoms with van der Waals surface area (Å²) in [6.45, 7) is 4.25. The van der Waals surface area contributed by atoms with E-state index in [1.807, 2.05) is 30.3 Å². The molecule has 2 aliphatic rings. The smallest absolute Gasteiger partial charge is 0.411 e. The highest BCUT2D eigenvalue weighted by molar-refractivity contribution is 5.84. The first-order valence-electron chi connectivity index (χ1n) is 7.62. The minimum absolute atomic E-state index is 0.111. The summed E-state index contributed by atoms with van der Waals surface area (Å²) in [4.78, 5) is 12.2. The zero-order chi connectivity index (χ0) is 15.1. The molecule has 2 N–H and O–H groups in total. The lowest BCUT2D eigenvalue weighted by molar-refractivity contribution is -0.0897. The van der Waals surface area contributed by atoms with Gasteiger partial charge in [-0.05, 0) is 37.8 Å². The number of amides is 1. The van der Waals surface area contributed by atoms with Gasteiger partial charge < -0.3 is 9.84 Å². The molecule has 0 saturated heterocycles. The predicted molar refractivity (Wildman–Crippen MR) is 81.0 cm³/mol. The molecule has 1 aromatic carbocycles. The fourth-order valence-corrected chi connectivity index (χ4v) is 4.30. The van der Waals surface area contributed by atoms with Gasteiger partial charge in [0.2, 0.25) is 0 Å². The van der Waals surface area contributed by atoms with Crippen molar-refractivity contribution in [1.29, 1.82) is 0 Å². The maximum absolute atomic E-state index is 12.2. The van der Waals surface area contributed by atoms with Gasteiger partial charge in [-0.15, -0.1) is 0 Å². The van der Waals surface area contributed by atoms with Gasteiger partial charge >= 0.3 is 6.09 Å². The first kappa shape index (κ1) is 14.4. The third-order valence-corrected chi connectivity index (χ3v) is 5.18. The lowest BCUT2D eigenvalue weighted by Gasteiger charge is -2.45. The van der Waals surface area contributed by atoms with Gasteiger partial charge in [0.25, 0.3) is 0 Å². The number of anilines is 1. The SMILES string of the molecule is C[C@]12CC[C@](C)(CC(O)C1)C2OC(=O)Nc1ccccc1. The highest BCUT2D eigenvalue weighted by Crippen LogP contribution is 2.59. The third-order valence-electron chi connectivity index (χ3n) is 5.18. The molecule has 114 valence electrons. The van der Waals surface area contributed by atoms with Crippen LogP contribution in [0, 0.1) is 10.8 Å². The van der Waals surface area contributed by atoms with Crippen LogP contribution in [0.25, 0.3) is 0 Å². The van der Waals surface area contributed by atoms with E-state index in [1.165, 1.54) is 0 Å². The maximum Gasteiger partial charge on any atom is 0.411 e. The highest BCUT2D eigenvalue weighted by Gasteiger charge is 2.59. The van der Waals surface area contributed by atoms with Crippen molar-refractivity contribution in [1.82, 2.24) is 0 Å². The Morgan fingerprint density at radius 2 is 1.76 bits per heavy atom. The molecule has 0 heterocycles. The van der Waals surface area contributed by atoms with Gasteiger partial charge in [0, 0.05) is 16.5 Å². The summed E-state index contributed by atoms with van der Waals surface area (Å²) in [6.07, 6.45) is 2.63. The molecule has 1 amide bonds. The number of carbonyl (C=O) groups is 1. The molecular weight excluding hydrogens is 266 g/mol. The van der Waals surface area contributed by atoms with Crippen LogP contribution in [0.3, 0.4) is 0 Å². The van der Waals surface area contributed by atoms with Crippen LogP contribution in [0.1, 0.15) is 39.5 Å². The minimum atomic E-state index is -0.401. The molecule has 2 bridgehead atoms. The summed E-state index contributed by atoms with van der Waals surface area (Å²) in [5.74, 6) is 0. The van der Waals surface area contributed by atoms with E-state index in [4.69, 9.17) is 4.74 Å². The molecule has 4 heteroatoms. The van der Waals surface area contributed by atoms with Crippen molar-refractivity contribution in [3.05, 3.63) is 30.3 Å². The predicted octanol–water partition coefficient (Wildman–Crippen LogP) is 3.56. The molecule has 2 saturated carbocycles. The molecule has 3 rings (SSSR count). The minimum Gasteiger partial charge on any atom is -0.445 e. The number of rotatable bonds is 2. The monoisotopic (exact) mass is 289 g/mol. The quantitative estimate of drug-likeness (QED) is 0.875. The van der Waals surface area contributed by atoms with Gasteiger partial charge in [-0.1, -0.05) is 32.0 Å². The van der Waals surface area contributed by atoms with Gasteiger partial charge in [0.15, 0.2) is 0 Å². The number of para-hydroxylation sites is 1.